The lowest BCUT2D eigenvalue weighted by Gasteiger charge is -2.26. The van der Waals surface area contributed by atoms with Gasteiger partial charge in [-0.05, 0) is 18.3 Å². The minimum absolute atomic E-state index is 0.281. The van der Waals surface area contributed by atoms with Crippen molar-refractivity contribution in [3.8, 4) is 0 Å². The van der Waals surface area contributed by atoms with Crippen molar-refractivity contribution >= 4 is 31.9 Å². The van der Waals surface area contributed by atoms with E-state index in [1.807, 2.05) is 12.2 Å². The molecule has 0 aliphatic rings. The quantitative estimate of drug-likeness (QED) is 0.511. The molecule has 0 amide bonds. The highest BCUT2D eigenvalue weighted by Crippen LogP contribution is 2.31. The van der Waals surface area contributed by atoms with Crippen LogP contribution in [0.25, 0.3) is 0 Å². The lowest BCUT2D eigenvalue weighted by molar-refractivity contribution is 0.404. The predicted octanol–water partition coefficient (Wildman–Crippen LogP) is 3.91. The molecule has 0 aliphatic heterocycles. The molecule has 0 radical (unpaired) electrons. The van der Waals surface area contributed by atoms with Crippen LogP contribution in [0.3, 0.4) is 0 Å². The van der Waals surface area contributed by atoms with Gasteiger partial charge in [0.1, 0.15) is 0 Å². The molecule has 0 fully saturated rings. The highest BCUT2D eigenvalue weighted by atomic mass is 79.9. The van der Waals surface area contributed by atoms with Crippen LogP contribution in [-0.4, -0.2) is 10.7 Å². The van der Waals surface area contributed by atoms with Crippen molar-refractivity contribution in [1.82, 2.24) is 0 Å². The highest BCUT2D eigenvalue weighted by Gasteiger charge is 2.24. The van der Waals surface area contributed by atoms with Crippen LogP contribution in [0.15, 0.2) is 25.3 Å². The average Bonchev–Trinajstić information content (AvgIpc) is 2.04. The van der Waals surface area contributed by atoms with Crippen molar-refractivity contribution in [2.75, 3.05) is 10.7 Å². The van der Waals surface area contributed by atoms with Gasteiger partial charge >= 0.3 is 0 Å². The van der Waals surface area contributed by atoms with E-state index in [-0.39, 0.29) is 5.41 Å². The molecule has 0 spiro atoms. The van der Waals surface area contributed by atoms with Gasteiger partial charge in [-0.15, -0.1) is 13.2 Å². The first kappa shape index (κ1) is 11.4. The van der Waals surface area contributed by atoms with Crippen molar-refractivity contribution in [3.05, 3.63) is 25.3 Å². The van der Waals surface area contributed by atoms with Gasteiger partial charge in [0.05, 0.1) is 0 Å². The summed E-state index contributed by atoms with van der Waals surface area (Å²) in [6, 6.07) is 0. The van der Waals surface area contributed by atoms with Crippen LogP contribution in [0.2, 0.25) is 0 Å². The predicted molar refractivity (Wildman–Crippen MR) is 59.6 cm³/mol. The maximum Gasteiger partial charge on any atom is 0.0102 e. The Labute approximate surface area is 86.0 Å². The Morgan fingerprint density at radius 2 is 1.36 bits per heavy atom. The molecule has 0 saturated carbocycles. The highest BCUT2D eigenvalue weighted by molar-refractivity contribution is 9.09. The molecule has 0 bridgehead atoms. The standard InChI is InChI=1S/C9H14Br2/c1-3-5-9(7-10,8-11)6-4-2/h3-4H,1-2,5-8H2. The first-order valence-electron chi connectivity index (χ1n) is 3.58. The van der Waals surface area contributed by atoms with E-state index in [0.29, 0.717) is 0 Å². The van der Waals surface area contributed by atoms with Crippen molar-refractivity contribution in [1.29, 1.82) is 0 Å². The zero-order valence-electron chi connectivity index (χ0n) is 6.65. The van der Waals surface area contributed by atoms with E-state index in [4.69, 9.17) is 0 Å². The van der Waals surface area contributed by atoms with Gasteiger partial charge in [0.15, 0.2) is 0 Å². The third-order valence-electron chi connectivity index (χ3n) is 1.72. The maximum atomic E-state index is 3.75. The maximum absolute atomic E-state index is 3.75. The van der Waals surface area contributed by atoms with Gasteiger partial charge in [-0.2, -0.15) is 0 Å². The minimum Gasteiger partial charge on any atom is -0.103 e. The molecule has 0 aromatic rings. The minimum atomic E-state index is 0.281. The summed E-state index contributed by atoms with van der Waals surface area (Å²) in [6.45, 7) is 7.50. The summed E-state index contributed by atoms with van der Waals surface area (Å²) in [5.41, 5.74) is 0.281. The van der Waals surface area contributed by atoms with Gasteiger partial charge in [-0.25, -0.2) is 0 Å². The summed E-state index contributed by atoms with van der Waals surface area (Å²) in [5.74, 6) is 0. The van der Waals surface area contributed by atoms with Crippen LogP contribution in [0.5, 0.6) is 0 Å². The summed E-state index contributed by atoms with van der Waals surface area (Å²) >= 11 is 7.02. The van der Waals surface area contributed by atoms with Crippen molar-refractivity contribution < 1.29 is 0 Å². The molecule has 0 aromatic carbocycles. The van der Waals surface area contributed by atoms with Gasteiger partial charge in [0.25, 0.3) is 0 Å². The Balaban J connectivity index is 4.17. The monoisotopic (exact) mass is 280 g/mol. The fourth-order valence-corrected chi connectivity index (χ4v) is 2.79. The molecule has 0 aliphatic carbocycles. The summed E-state index contributed by atoms with van der Waals surface area (Å²) in [7, 11) is 0. The molecule has 0 heterocycles. The van der Waals surface area contributed by atoms with E-state index in [0.717, 1.165) is 23.5 Å². The molecule has 0 aromatic heterocycles. The van der Waals surface area contributed by atoms with Crippen LogP contribution < -0.4 is 0 Å². The second-order valence-corrected chi connectivity index (χ2v) is 3.87. The summed E-state index contributed by atoms with van der Waals surface area (Å²) in [5, 5.41) is 1.98. The van der Waals surface area contributed by atoms with Crippen LogP contribution in [0.4, 0.5) is 0 Å². The third kappa shape index (κ3) is 3.57. The third-order valence-corrected chi connectivity index (χ3v) is 4.10. The smallest absolute Gasteiger partial charge is 0.0102 e. The van der Waals surface area contributed by atoms with E-state index in [1.165, 1.54) is 0 Å². The lowest BCUT2D eigenvalue weighted by atomic mass is 9.86. The molecule has 0 nitrogen and oxygen atoms in total. The molecular formula is C9H14Br2. The Kier molecular flexibility index (Phi) is 6.25. The molecule has 64 valence electrons. The topological polar surface area (TPSA) is 0 Å². The zero-order chi connectivity index (χ0) is 8.74. The number of rotatable bonds is 6. The SMILES string of the molecule is C=CCC(CBr)(CBr)CC=C. The fraction of sp³-hybridized carbons (Fsp3) is 0.556. The molecule has 0 N–H and O–H groups in total. The first-order chi connectivity index (χ1) is 5.24. The van der Waals surface area contributed by atoms with Crippen LogP contribution in [0, 0.1) is 5.41 Å². The van der Waals surface area contributed by atoms with Crippen molar-refractivity contribution in [3.63, 3.8) is 0 Å². The second kappa shape index (κ2) is 6.01. The Morgan fingerprint density at radius 1 is 1.00 bits per heavy atom. The van der Waals surface area contributed by atoms with Gasteiger partial charge in [0, 0.05) is 10.7 Å². The van der Waals surface area contributed by atoms with E-state index < -0.39 is 0 Å². The van der Waals surface area contributed by atoms with Gasteiger partial charge in [-0.1, -0.05) is 44.0 Å². The van der Waals surface area contributed by atoms with E-state index in [1.54, 1.807) is 0 Å². The molecule has 0 atom stereocenters. The van der Waals surface area contributed by atoms with E-state index in [2.05, 4.69) is 45.0 Å². The van der Waals surface area contributed by atoms with E-state index >= 15 is 0 Å². The van der Waals surface area contributed by atoms with Crippen molar-refractivity contribution in [2.45, 2.75) is 12.8 Å². The normalized spacial score (nSPS) is 11.1. The molecule has 11 heavy (non-hydrogen) atoms. The summed E-state index contributed by atoms with van der Waals surface area (Å²) < 4.78 is 0. The van der Waals surface area contributed by atoms with Crippen LogP contribution in [-0.2, 0) is 0 Å². The average molecular weight is 282 g/mol. The fourth-order valence-electron chi connectivity index (χ4n) is 0.950. The molecule has 0 rings (SSSR count). The lowest BCUT2D eigenvalue weighted by Crippen LogP contribution is -2.22. The number of hydrogen-bond donors (Lipinski definition) is 0. The number of hydrogen-bond acceptors (Lipinski definition) is 0. The first-order valence-corrected chi connectivity index (χ1v) is 5.82. The summed E-state index contributed by atoms with van der Waals surface area (Å²) in [6.07, 6.45) is 5.98. The van der Waals surface area contributed by atoms with E-state index in [9.17, 15) is 0 Å². The number of allylic oxidation sites excluding steroid dienone is 2. The molecular weight excluding hydrogens is 268 g/mol. The zero-order valence-corrected chi connectivity index (χ0v) is 9.83. The van der Waals surface area contributed by atoms with Gasteiger partial charge in [0.2, 0.25) is 0 Å². The van der Waals surface area contributed by atoms with Crippen LogP contribution in [0.1, 0.15) is 12.8 Å². The van der Waals surface area contributed by atoms with Crippen LogP contribution >= 0.6 is 31.9 Å². The molecule has 2 heteroatoms. The largest absolute Gasteiger partial charge is 0.103 e. The van der Waals surface area contributed by atoms with Gasteiger partial charge in [-0.3, -0.25) is 0 Å². The van der Waals surface area contributed by atoms with Crippen molar-refractivity contribution in [2.24, 2.45) is 5.41 Å². The second-order valence-electron chi connectivity index (χ2n) is 2.75. The van der Waals surface area contributed by atoms with Gasteiger partial charge < -0.3 is 0 Å². The Morgan fingerprint density at radius 3 is 1.55 bits per heavy atom. The Bertz CT molecular complexity index is 114. The summed E-state index contributed by atoms with van der Waals surface area (Å²) in [4.78, 5) is 0. The number of halogens is 2. The molecule has 0 saturated heterocycles. The Hall–Kier alpha value is 0.440. The number of alkyl halides is 2. The molecule has 0 unspecified atom stereocenters.